The van der Waals surface area contributed by atoms with E-state index in [9.17, 15) is 9.59 Å². The average molecular weight is 284 g/mol. The monoisotopic (exact) mass is 284 g/mol. The van der Waals surface area contributed by atoms with Gasteiger partial charge in [-0.05, 0) is 18.1 Å². The van der Waals surface area contributed by atoms with Gasteiger partial charge in [-0.3, -0.25) is 9.59 Å². The molecule has 0 N–H and O–H groups in total. The molecule has 0 radical (unpaired) electrons. The fourth-order valence-electron chi connectivity index (χ4n) is 4.98. The molecule has 1 aromatic rings. The molecule has 0 aromatic heterocycles. The third-order valence-electron chi connectivity index (χ3n) is 5.83. The highest BCUT2D eigenvalue weighted by atomic mass is 16.2. The summed E-state index contributed by atoms with van der Waals surface area (Å²) >= 11 is 0. The van der Waals surface area contributed by atoms with E-state index in [2.05, 4.69) is 36.2 Å². The van der Waals surface area contributed by atoms with E-state index in [0.29, 0.717) is 12.8 Å². The zero-order valence-corrected chi connectivity index (χ0v) is 12.5. The van der Waals surface area contributed by atoms with E-state index in [1.54, 1.807) is 6.92 Å². The minimum atomic E-state index is -0.0507. The summed E-state index contributed by atoms with van der Waals surface area (Å²) in [5.41, 5.74) is 2.51. The minimum Gasteiger partial charge on any atom is -0.370 e. The van der Waals surface area contributed by atoms with E-state index in [4.69, 9.17) is 0 Å². The molecular formula is C17H20N2O2. The van der Waals surface area contributed by atoms with Crippen molar-refractivity contribution >= 4 is 17.4 Å². The highest BCUT2D eigenvalue weighted by molar-refractivity contribution is 5.86. The van der Waals surface area contributed by atoms with Crippen LogP contribution in [0.4, 0.5) is 5.69 Å². The number of likely N-dealkylation sites (tertiary alicyclic amines) is 1. The number of carbonyl (C=O) groups is 2. The predicted octanol–water partition coefficient (Wildman–Crippen LogP) is 1.73. The van der Waals surface area contributed by atoms with Gasteiger partial charge in [-0.2, -0.15) is 0 Å². The summed E-state index contributed by atoms with van der Waals surface area (Å²) in [6.45, 7) is 2.39. The molecule has 1 amide bonds. The van der Waals surface area contributed by atoms with Crippen LogP contribution >= 0.6 is 0 Å². The van der Waals surface area contributed by atoms with Gasteiger partial charge in [0.1, 0.15) is 5.78 Å². The number of amides is 1. The van der Waals surface area contributed by atoms with E-state index < -0.39 is 0 Å². The Morgan fingerprint density at radius 3 is 2.71 bits per heavy atom. The van der Waals surface area contributed by atoms with Crippen LogP contribution in [-0.4, -0.2) is 42.3 Å². The summed E-state index contributed by atoms with van der Waals surface area (Å²) in [7, 11) is 2.09. The number of fused-ring (bicyclic) bond motifs is 1. The predicted molar refractivity (Wildman–Crippen MR) is 80.3 cm³/mol. The van der Waals surface area contributed by atoms with Crippen molar-refractivity contribution in [1.29, 1.82) is 0 Å². The van der Waals surface area contributed by atoms with Crippen LogP contribution in [0, 0.1) is 0 Å². The molecule has 1 saturated heterocycles. The lowest BCUT2D eigenvalue weighted by atomic mass is 9.64. The van der Waals surface area contributed by atoms with Crippen molar-refractivity contribution in [3.63, 3.8) is 0 Å². The summed E-state index contributed by atoms with van der Waals surface area (Å²) < 4.78 is 0. The van der Waals surface area contributed by atoms with Gasteiger partial charge in [0.25, 0.3) is 0 Å². The van der Waals surface area contributed by atoms with Gasteiger partial charge in [0.2, 0.25) is 5.91 Å². The number of carbonyl (C=O) groups excluding carboxylic acids is 2. The fourth-order valence-corrected chi connectivity index (χ4v) is 4.98. The van der Waals surface area contributed by atoms with Gasteiger partial charge in [0, 0.05) is 50.5 Å². The molecule has 4 heteroatoms. The maximum atomic E-state index is 12.2. The molecule has 3 atom stereocenters. The second-order valence-corrected chi connectivity index (χ2v) is 6.61. The number of ketones is 1. The summed E-state index contributed by atoms with van der Waals surface area (Å²) in [6.07, 6.45) is 2.09. The van der Waals surface area contributed by atoms with E-state index in [-0.39, 0.29) is 29.2 Å². The zero-order valence-electron chi connectivity index (χ0n) is 12.5. The largest absolute Gasteiger partial charge is 0.370 e. The molecule has 3 aliphatic rings. The summed E-state index contributed by atoms with van der Waals surface area (Å²) in [5, 5.41) is 0. The van der Waals surface area contributed by atoms with Gasteiger partial charge in [-0.25, -0.2) is 0 Å². The number of hydrogen-bond donors (Lipinski definition) is 0. The fraction of sp³-hybridized carbons (Fsp3) is 0.529. The SMILES string of the molecule is CC(=O)N1CC[C@]23c4ccccc4N(C)[C@H]2CC(=O)C[C@@H]13. The molecule has 110 valence electrons. The molecule has 2 aliphatic heterocycles. The van der Waals surface area contributed by atoms with Crippen LogP contribution < -0.4 is 4.90 Å². The van der Waals surface area contributed by atoms with Crippen LogP contribution in [0.15, 0.2) is 24.3 Å². The average Bonchev–Trinajstić information content (AvgIpc) is 2.95. The van der Waals surface area contributed by atoms with Gasteiger partial charge < -0.3 is 9.80 Å². The standard InChI is InChI=1S/C17H20N2O2/c1-11(20)19-8-7-17-13-5-3-4-6-14(13)18(2)15(17)9-12(21)10-16(17)19/h3-6,15-16H,7-10H2,1-2H3/t15-,16+,17-/m0/s1. The summed E-state index contributed by atoms with van der Waals surface area (Å²) in [4.78, 5) is 28.4. The van der Waals surface area contributed by atoms with Gasteiger partial charge in [-0.15, -0.1) is 0 Å². The van der Waals surface area contributed by atoms with Gasteiger partial charge >= 0.3 is 0 Å². The number of hydrogen-bond acceptors (Lipinski definition) is 3. The van der Waals surface area contributed by atoms with Crippen LogP contribution in [-0.2, 0) is 15.0 Å². The first-order valence-corrected chi connectivity index (χ1v) is 7.67. The lowest BCUT2D eigenvalue weighted by Crippen LogP contribution is -2.57. The van der Waals surface area contributed by atoms with E-state index in [1.165, 1.54) is 11.3 Å². The number of likely N-dealkylation sites (N-methyl/N-ethyl adjacent to an activating group) is 1. The lowest BCUT2D eigenvalue weighted by molar-refractivity contribution is -0.132. The van der Waals surface area contributed by atoms with Crippen LogP contribution in [0.3, 0.4) is 0 Å². The highest BCUT2D eigenvalue weighted by Gasteiger charge is 2.62. The minimum absolute atomic E-state index is 0.0346. The third-order valence-corrected chi connectivity index (χ3v) is 5.83. The summed E-state index contributed by atoms with van der Waals surface area (Å²) in [6, 6.07) is 8.70. The van der Waals surface area contributed by atoms with Crippen LogP contribution in [0.1, 0.15) is 31.7 Å². The second kappa shape index (κ2) is 4.09. The zero-order chi connectivity index (χ0) is 14.8. The molecule has 21 heavy (non-hydrogen) atoms. The number of para-hydroxylation sites is 1. The van der Waals surface area contributed by atoms with E-state index >= 15 is 0 Å². The van der Waals surface area contributed by atoms with Crippen molar-refractivity contribution in [2.45, 2.75) is 43.7 Å². The van der Waals surface area contributed by atoms with Gasteiger partial charge in [-0.1, -0.05) is 18.2 Å². The Morgan fingerprint density at radius 2 is 1.95 bits per heavy atom. The topological polar surface area (TPSA) is 40.6 Å². The molecule has 0 unspecified atom stereocenters. The van der Waals surface area contributed by atoms with Crippen molar-refractivity contribution in [3.05, 3.63) is 29.8 Å². The molecule has 0 bridgehead atoms. The number of rotatable bonds is 0. The Labute approximate surface area is 124 Å². The van der Waals surface area contributed by atoms with Crippen molar-refractivity contribution < 1.29 is 9.59 Å². The molecule has 2 fully saturated rings. The molecule has 2 heterocycles. The van der Waals surface area contributed by atoms with Gasteiger partial charge in [0.05, 0.1) is 6.04 Å². The number of anilines is 1. The molecule has 1 spiro atoms. The first kappa shape index (κ1) is 12.9. The molecule has 1 aliphatic carbocycles. The molecular weight excluding hydrogens is 264 g/mol. The van der Waals surface area contributed by atoms with Crippen molar-refractivity contribution in [2.75, 3.05) is 18.5 Å². The second-order valence-electron chi connectivity index (χ2n) is 6.61. The van der Waals surface area contributed by atoms with Gasteiger partial charge in [0.15, 0.2) is 0 Å². The maximum Gasteiger partial charge on any atom is 0.219 e. The third kappa shape index (κ3) is 1.45. The Bertz CT molecular complexity index is 641. The summed E-state index contributed by atoms with van der Waals surface area (Å²) in [5.74, 6) is 0.380. The Balaban J connectivity index is 1.91. The Kier molecular flexibility index (Phi) is 2.51. The lowest BCUT2D eigenvalue weighted by Gasteiger charge is -2.44. The van der Waals surface area contributed by atoms with Crippen LogP contribution in [0.25, 0.3) is 0 Å². The quantitative estimate of drug-likeness (QED) is 0.728. The normalized spacial score (nSPS) is 33.7. The number of nitrogens with zero attached hydrogens (tertiary/aromatic N) is 2. The van der Waals surface area contributed by atoms with Crippen molar-refractivity contribution in [1.82, 2.24) is 4.90 Å². The molecule has 4 rings (SSSR count). The molecule has 1 saturated carbocycles. The van der Waals surface area contributed by atoms with Crippen LogP contribution in [0.2, 0.25) is 0 Å². The van der Waals surface area contributed by atoms with Crippen LogP contribution in [0.5, 0.6) is 0 Å². The first-order valence-electron chi connectivity index (χ1n) is 7.67. The Morgan fingerprint density at radius 1 is 1.24 bits per heavy atom. The highest BCUT2D eigenvalue weighted by Crippen LogP contribution is 2.56. The van der Waals surface area contributed by atoms with Crippen molar-refractivity contribution in [2.24, 2.45) is 0 Å². The molecule has 1 aromatic carbocycles. The smallest absolute Gasteiger partial charge is 0.219 e. The molecule has 4 nitrogen and oxygen atoms in total. The number of benzene rings is 1. The van der Waals surface area contributed by atoms with E-state index in [0.717, 1.165) is 13.0 Å². The van der Waals surface area contributed by atoms with Crippen molar-refractivity contribution in [3.8, 4) is 0 Å². The van der Waals surface area contributed by atoms with E-state index in [1.807, 2.05) is 4.90 Å². The Hall–Kier alpha value is -1.84. The first-order chi connectivity index (χ1) is 10.1. The number of Topliss-reactive ketones (excluding diaryl/α,β-unsaturated/α-hetero) is 1. The maximum absolute atomic E-state index is 12.2.